The van der Waals surface area contributed by atoms with E-state index in [4.69, 9.17) is 4.74 Å². The van der Waals surface area contributed by atoms with Crippen molar-refractivity contribution in [3.8, 4) is 16.9 Å². The Balaban J connectivity index is 1.54. The van der Waals surface area contributed by atoms with Gasteiger partial charge in [-0.1, -0.05) is 61.4 Å². The summed E-state index contributed by atoms with van der Waals surface area (Å²) < 4.78 is 33.6. The Morgan fingerprint density at radius 1 is 1.03 bits per heavy atom. The van der Waals surface area contributed by atoms with E-state index in [1.54, 1.807) is 18.6 Å². The minimum atomic E-state index is -0.933. The maximum Gasteiger partial charge on any atom is 0.201 e. The standard InChI is InChI=1S/C27H32F2O/c1-3-7-20-10-12-21(13-11-20)8-5-6-9-22-14-16-23(17-15-22)24-18-19-25(30-4-2)27(29)26(24)28/h6,9-10,14-19,21H,3-5,7-8,11-13H2,1-2H3. The molecule has 1 nitrogen and oxygen atoms in total. The van der Waals surface area contributed by atoms with Gasteiger partial charge in [-0.15, -0.1) is 0 Å². The highest BCUT2D eigenvalue weighted by molar-refractivity contribution is 5.67. The third kappa shape index (κ3) is 5.81. The molecule has 30 heavy (non-hydrogen) atoms. The van der Waals surface area contributed by atoms with Crippen LogP contribution in [-0.2, 0) is 0 Å². The molecule has 2 aromatic carbocycles. The van der Waals surface area contributed by atoms with Crippen molar-refractivity contribution in [1.29, 1.82) is 0 Å². The van der Waals surface area contributed by atoms with Crippen LogP contribution in [0.1, 0.15) is 64.4 Å². The van der Waals surface area contributed by atoms with Gasteiger partial charge in [0.25, 0.3) is 0 Å². The zero-order valence-corrected chi connectivity index (χ0v) is 18.1. The van der Waals surface area contributed by atoms with Gasteiger partial charge in [0, 0.05) is 5.56 Å². The largest absolute Gasteiger partial charge is 0.491 e. The first-order valence-corrected chi connectivity index (χ1v) is 11.2. The molecule has 160 valence electrons. The normalized spacial score (nSPS) is 16.7. The predicted octanol–water partition coefficient (Wildman–Crippen LogP) is 8.35. The minimum absolute atomic E-state index is 0.0478. The summed E-state index contributed by atoms with van der Waals surface area (Å²) in [5.41, 5.74) is 3.62. The first kappa shape index (κ1) is 22.3. The van der Waals surface area contributed by atoms with Crippen molar-refractivity contribution in [2.24, 2.45) is 5.92 Å². The molecule has 0 saturated heterocycles. The number of benzene rings is 2. The third-order valence-corrected chi connectivity index (χ3v) is 5.80. The first-order chi connectivity index (χ1) is 14.6. The highest BCUT2D eigenvalue weighted by Gasteiger charge is 2.15. The number of halogens is 2. The Hall–Kier alpha value is -2.42. The van der Waals surface area contributed by atoms with Crippen LogP contribution in [0.25, 0.3) is 17.2 Å². The molecular formula is C27H32F2O. The second-order valence-electron chi connectivity index (χ2n) is 8.03. The number of ether oxygens (including phenoxy) is 1. The van der Waals surface area contributed by atoms with Gasteiger partial charge >= 0.3 is 0 Å². The van der Waals surface area contributed by atoms with E-state index in [0.29, 0.717) is 12.2 Å². The van der Waals surface area contributed by atoms with Gasteiger partial charge in [0.1, 0.15) is 0 Å². The lowest BCUT2D eigenvalue weighted by molar-refractivity contribution is 0.314. The average molecular weight is 411 g/mol. The van der Waals surface area contributed by atoms with Crippen LogP contribution in [0.2, 0.25) is 0 Å². The molecular weight excluding hydrogens is 378 g/mol. The highest BCUT2D eigenvalue weighted by atomic mass is 19.2. The van der Waals surface area contributed by atoms with Crippen LogP contribution in [-0.4, -0.2) is 6.61 Å². The Kier molecular flexibility index (Phi) is 8.24. The third-order valence-electron chi connectivity index (χ3n) is 5.80. The van der Waals surface area contributed by atoms with E-state index in [1.807, 2.05) is 24.3 Å². The van der Waals surface area contributed by atoms with Crippen LogP contribution in [0.5, 0.6) is 5.75 Å². The summed E-state index contributed by atoms with van der Waals surface area (Å²) in [5.74, 6) is -1.05. The molecule has 0 radical (unpaired) electrons. The van der Waals surface area contributed by atoms with Gasteiger partial charge in [-0.2, -0.15) is 4.39 Å². The molecule has 0 aliphatic heterocycles. The molecule has 3 heteroatoms. The quantitative estimate of drug-likeness (QED) is 0.377. The van der Waals surface area contributed by atoms with Gasteiger partial charge in [-0.05, 0) is 74.6 Å². The maximum absolute atomic E-state index is 14.4. The number of hydrogen-bond donors (Lipinski definition) is 0. The van der Waals surface area contributed by atoms with E-state index >= 15 is 0 Å². The van der Waals surface area contributed by atoms with Crippen LogP contribution in [0.3, 0.4) is 0 Å². The summed E-state index contributed by atoms with van der Waals surface area (Å²) in [6.45, 7) is 4.29. The van der Waals surface area contributed by atoms with Crippen LogP contribution in [0.4, 0.5) is 8.78 Å². The van der Waals surface area contributed by atoms with Gasteiger partial charge in [0.2, 0.25) is 5.82 Å². The van der Waals surface area contributed by atoms with Crippen LogP contribution in [0.15, 0.2) is 54.1 Å². The summed E-state index contributed by atoms with van der Waals surface area (Å²) in [7, 11) is 0. The van der Waals surface area contributed by atoms with Crippen molar-refractivity contribution in [3.63, 3.8) is 0 Å². The molecule has 0 N–H and O–H groups in total. The monoisotopic (exact) mass is 410 g/mol. The van der Waals surface area contributed by atoms with Gasteiger partial charge in [0.05, 0.1) is 6.61 Å². The lowest BCUT2D eigenvalue weighted by Crippen LogP contribution is -2.05. The summed E-state index contributed by atoms with van der Waals surface area (Å²) in [6.07, 6.45) is 15.4. The Labute approximate surface area is 179 Å². The van der Waals surface area contributed by atoms with Gasteiger partial charge < -0.3 is 4.74 Å². The van der Waals surface area contributed by atoms with Crippen LogP contribution in [0, 0.1) is 17.6 Å². The lowest BCUT2D eigenvalue weighted by atomic mass is 9.85. The van der Waals surface area contributed by atoms with Crippen molar-refractivity contribution in [1.82, 2.24) is 0 Å². The molecule has 0 saturated carbocycles. The van der Waals surface area contributed by atoms with Crippen LogP contribution >= 0.6 is 0 Å². The molecule has 1 aliphatic rings. The van der Waals surface area contributed by atoms with Gasteiger partial charge in [-0.25, -0.2) is 4.39 Å². The summed E-state index contributed by atoms with van der Waals surface area (Å²) >= 11 is 0. The van der Waals surface area contributed by atoms with Gasteiger partial charge in [-0.3, -0.25) is 0 Å². The Bertz CT molecular complexity index is 880. The fraction of sp³-hybridized carbons (Fsp3) is 0.407. The van der Waals surface area contributed by atoms with E-state index in [1.165, 1.54) is 44.6 Å². The molecule has 2 aromatic rings. The molecule has 0 spiro atoms. The van der Waals surface area contributed by atoms with E-state index in [-0.39, 0.29) is 11.3 Å². The first-order valence-electron chi connectivity index (χ1n) is 11.2. The van der Waals surface area contributed by atoms with Crippen molar-refractivity contribution in [2.45, 2.75) is 58.8 Å². The molecule has 1 unspecified atom stereocenters. The fourth-order valence-electron chi connectivity index (χ4n) is 4.10. The predicted molar refractivity (Wildman–Crippen MR) is 122 cm³/mol. The number of allylic oxidation sites excluding steroid dienone is 3. The SMILES string of the molecule is CCCC1=CCC(CCC=Cc2ccc(-c3ccc(OCC)c(F)c3F)cc2)CC1. The van der Waals surface area contributed by atoms with Crippen molar-refractivity contribution < 1.29 is 13.5 Å². The second kappa shape index (κ2) is 11.1. The molecule has 3 rings (SSSR count). The summed E-state index contributed by atoms with van der Waals surface area (Å²) in [5, 5.41) is 0. The van der Waals surface area contributed by atoms with Crippen LogP contribution < -0.4 is 4.74 Å². The second-order valence-corrected chi connectivity index (χ2v) is 8.03. The Morgan fingerprint density at radius 2 is 1.83 bits per heavy atom. The zero-order chi connectivity index (χ0) is 21.3. The van der Waals surface area contributed by atoms with Gasteiger partial charge in [0.15, 0.2) is 11.6 Å². The van der Waals surface area contributed by atoms with Crippen molar-refractivity contribution in [2.75, 3.05) is 6.61 Å². The summed E-state index contributed by atoms with van der Waals surface area (Å²) in [6, 6.07) is 10.6. The molecule has 1 aliphatic carbocycles. The molecule has 0 fully saturated rings. The smallest absolute Gasteiger partial charge is 0.201 e. The van der Waals surface area contributed by atoms with E-state index in [9.17, 15) is 8.78 Å². The zero-order valence-electron chi connectivity index (χ0n) is 18.1. The molecule has 0 aromatic heterocycles. The lowest BCUT2D eigenvalue weighted by Gasteiger charge is -2.21. The topological polar surface area (TPSA) is 9.23 Å². The molecule has 0 amide bonds. The maximum atomic E-state index is 14.4. The van der Waals surface area contributed by atoms with E-state index in [0.717, 1.165) is 17.9 Å². The molecule has 0 bridgehead atoms. The fourth-order valence-corrected chi connectivity index (χ4v) is 4.10. The van der Waals surface area contributed by atoms with Crippen molar-refractivity contribution >= 4 is 6.08 Å². The molecule has 1 atom stereocenters. The molecule has 0 heterocycles. The van der Waals surface area contributed by atoms with E-state index in [2.05, 4.69) is 25.2 Å². The minimum Gasteiger partial charge on any atom is -0.491 e. The summed E-state index contributed by atoms with van der Waals surface area (Å²) in [4.78, 5) is 0. The van der Waals surface area contributed by atoms with E-state index < -0.39 is 11.6 Å². The Morgan fingerprint density at radius 3 is 2.50 bits per heavy atom. The van der Waals surface area contributed by atoms with Crippen molar-refractivity contribution in [3.05, 3.63) is 71.3 Å². The number of rotatable bonds is 9. The number of hydrogen-bond acceptors (Lipinski definition) is 1. The highest BCUT2D eigenvalue weighted by Crippen LogP contribution is 2.31. The average Bonchev–Trinajstić information content (AvgIpc) is 2.77.